The Hall–Kier alpha value is -3.06. The zero-order valence-electron chi connectivity index (χ0n) is 18.6. The minimum absolute atomic E-state index is 0.0193. The number of likely N-dealkylation sites (tertiary alicyclic amines) is 1. The molecular weight excluding hydrogens is 406 g/mol. The molecule has 0 bridgehead atoms. The Morgan fingerprint density at radius 3 is 2.59 bits per heavy atom. The molecule has 7 nitrogen and oxygen atoms in total. The Morgan fingerprint density at radius 1 is 1.09 bits per heavy atom. The maximum absolute atomic E-state index is 12.9. The third kappa shape index (κ3) is 5.22. The van der Waals surface area contributed by atoms with Crippen LogP contribution < -0.4 is 19.7 Å². The monoisotopic (exact) mass is 437 g/mol. The van der Waals surface area contributed by atoms with Gasteiger partial charge in [0.1, 0.15) is 18.0 Å². The number of carbonyl (C=O) groups excluding carboxylic acids is 2. The summed E-state index contributed by atoms with van der Waals surface area (Å²) in [6.45, 7) is 2.83. The topological polar surface area (TPSA) is 71.1 Å². The SMILES string of the molecule is COc1ccc([C@H](CNC(=O)CN2C(=O)CCOc3ccccc32)N2CCCCC2)cc1. The van der Waals surface area contributed by atoms with Crippen LogP contribution in [-0.2, 0) is 9.59 Å². The Kier molecular flexibility index (Phi) is 7.27. The summed E-state index contributed by atoms with van der Waals surface area (Å²) in [4.78, 5) is 29.5. The third-order valence-corrected chi connectivity index (χ3v) is 6.16. The van der Waals surface area contributed by atoms with Crippen LogP contribution in [-0.4, -0.2) is 56.6 Å². The first kappa shape index (κ1) is 22.1. The molecule has 32 heavy (non-hydrogen) atoms. The van der Waals surface area contributed by atoms with Crippen molar-refractivity contribution in [1.29, 1.82) is 0 Å². The molecule has 7 heteroatoms. The number of nitrogens with one attached hydrogen (secondary N) is 1. The van der Waals surface area contributed by atoms with Crippen molar-refractivity contribution in [3.63, 3.8) is 0 Å². The lowest BCUT2D eigenvalue weighted by Gasteiger charge is -2.35. The average molecular weight is 438 g/mol. The summed E-state index contributed by atoms with van der Waals surface area (Å²) in [5, 5.41) is 3.08. The maximum atomic E-state index is 12.9. The molecule has 1 atom stereocenters. The minimum atomic E-state index is -0.175. The highest BCUT2D eigenvalue weighted by Gasteiger charge is 2.27. The molecule has 1 fully saturated rings. The minimum Gasteiger partial charge on any atom is -0.497 e. The van der Waals surface area contributed by atoms with Gasteiger partial charge in [0, 0.05) is 6.54 Å². The number of para-hydroxylation sites is 2. The van der Waals surface area contributed by atoms with E-state index in [0.29, 0.717) is 24.6 Å². The summed E-state index contributed by atoms with van der Waals surface area (Å²) in [5.41, 5.74) is 1.80. The first-order valence-corrected chi connectivity index (χ1v) is 11.3. The fraction of sp³-hybridized carbons (Fsp3) is 0.440. The molecule has 0 radical (unpaired) electrons. The van der Waals surface area contributed by atoms with E-state index in [9.17, 15) is 9.59 Å². The Morgan fingerprint density at radius 2 is 1.84 bits per heavy atom. The zero-order chi connectivity index (χ0) is 22.3. The fourth-order valence-electron chi connectivity index (χ4n) is 4.42. The lowest BCUT2D eigenvalue weighted by Crippen LogP contribution is -2.44. The summed E-state index contributed by atoms with van der Waals surface area (Å²) in [6.07, 6.45) is 3.83. The second-order valence-electron chi connectivity index (χ2n) is 8.24. The molecule has 2 aliphatic rings. The smallest absolute Gasteiger partial charge is 0.240 e. The van der Waals surface area contributed by atoms with Gasteiger partial charge in [-0.3, -0.25) is 19.4 Å². The van der Waals surface area contributed by atoms with E-state index >= 15 is 0 Å². The van der Waals surface area contributed by atoms with Crippen molar-refractivity contribution >= 4 is 17.5 Å². The lowest BCUT2D eigenvalue weighted by molar-refractivity contribution is -0.124. The van der Waals surface area contributed by atoms with E-state index in [4.69, 9.17) is 9.47 Å². The number of carbonyl (C=O) groups is 2. The van der Waals surface area contributed by atoms with Crippen molar-refractivity contribution < 1.29 is 19.1 Å². The second kappa shape index (κ2) is 10.5. The molecule has 2 amide bonds. The van der Waals surface area contributed by atoms with Gasteiger partial charge in [-0.1, -0.05) is 30.7 Å². The molecule has 0 unspecified atom stereocenters. The highest BCUT2D eigenvalue weighted by atomic mass is 16.5. The van der Waals surface area contributed by atoms with E-state index in [1.165, 1.54) is 24.2 Å². The molecule has 2 heterocycles. The molecule has 1 N–H and O–H groups in total. The number of amides is 2. The number of benzene rings is 2. The molecule has 4 rings (SSSR count). The van der Waals surface area contributed by atoms with Gasteiger partial charge >= 0.3 is 0 Å². The van der Waals surface area contributed by atoms with Crippen molar-refractivity contribution in [3.8, 4) is 11.5 Å². The average Bonchev–Trinajstić information content (AvgIpc) is 2.99. The van der Waals surface area contributed by atoms with Gasteiger partial charge in [0.05, 0.1) is 31.9 Å². The number of ether oxygens (including phenoxy) is 2. The van der Waals surface area contributed by atoms with E-state index in [1.54, 1.807) is 7.11 Å². The number of nitrogens with zero attached hydrogens (tertiary/aromatic N) is 2. The van der Waals surface area contributed by atoms with Crippen molar-refractivity contribution in [2.75, 3.05) is 44.8 Å². The third-order valence-electron chi connectivity index (χ3n) is 6.16. The number of piperidine rings is 1. The van der Waals surface area contributed by atoms with E-state index in [2.05, 4.69) is 22.3 Å². The maximum Gasteiger partial charge on any atom is 0.240 e. The Labute approximate surface area is 189 Å². The van der Waals surface area contributed by atoms with E-state index in [-0.39, 0.29) is 30.8 Å². The van der Waals surface area contributed by atoms with Crippen LogP contribution in [0.25, 0.3) is 0 Å². The van der Waals surface area contributed by atoms with Crippen LogP contribution in [0.2, 0.25) is 0 Å². The van der Waals surface area contributed by atoms with Crippen LogP contribution in [0.3, 0.4) is 0 Å². The first-order valence-electron chi connectivity index (χ1n) is 11.3. The molecule has 2 aromatic carbocycles. The summed E-state index contributed by atoms with van der Waals surface area (Å²) in [5.74, 6) is 1.17. The largest absolute Gasteiger partial charge is 0.497 e. The van der Waals surface area contributed by atoms with E-state index in [1.807, 2.05) is 36.4 Å². The van der Waals surface area contributed by atoms with Gasteiger partial charge in [-0.25, -0.2) is 0 Å². The predicted octanol–water partition coefficient (Wildman–Crippen LogP) is 3.15. The van der Waals surface area contributed by atoms with Crippen LogP contribution in [0.1, 0.15) is 37.3 Å². The molecule has 0 spiro atoms. The second-order valence-corrected chi connectivity index (χ2v) is 8.24. The summed E-state index contributed by atoms with van der Waals surface area (Å²) in [7, 11) is 1.66. The number of methoxy groups -OCH3 is 1. The first-order chi connectivity index (χ1) is 15.7. The van der Waals surface area contributed by atoms with Gasteiger partial charge in [-0.05, 0) is 55.8 Å². The number of fused-ring (bicyclic) bond motifs is 1. The van der Waals surface area contributed by atoms with Crippen molar-refractivity contribution in [1.82, 2.24) is 10.2 Å². The van der Waals surface area contributed by atoms with Gasteiger partial charge in [0.15, 0.2) is 0 Å². The molecule has 0 aliphatic carbocycles. The molecule has 2 aromatic rings. The van der Waals surface area contributed by atoms with Crippen LogP contribution in [0.5, 0.6) is 11.5 Å². The molecule has 0 aromatic heterocycles. The van der Waals surface area contributed by atoms with Crippen LogP contribution >= 0.6 is 0 Å². The zero-order valence-corrected chi connectivity index (χ0v) is 18.6. The summed E-state index contributed by atoms with van der Waals surface area (Å²) < 4.78 is 11.0. The van der Waals surface area contributed by atoms with E-state index in [0.717, 1.165) is 24.4 Å². The highest BCUT2D eigenvalue weighted by molar-refractivity contribution is 6.00. The van der Waals surface area contributed by atoms with Gasteiger partial charge in [0.25, 0.3) is 0 Å². The van der Waals surface area contributed by atoms with Gasteiger partial charge in [-0.15, -0.1) is 0 Å². The van der Waals surface area contributed by atoms with Crippen molar-refractivity contribution in [3.05, 3.63) is 54.1 Å². The molecule has 0 saturated carbocycles. The van der Waals surface area contributed by atoms with Gasteiger partial charge in [-0.2, -0.15) is 0 Å². The fourth-order valence-corrected chi connectivity index (χ4v) is 4.42. The van der Waals surface area contributed by atoms with Crippen LogP contribution in [0.15, 0.2) is 48.5 Å². The Bertz CT molecular complexity index is 925. The number of hydrogen-bond donors (Lipinski definition) is 1. The lowest BCUT2D eigenvalue weighted by atomic mass is 10.0. The van der Waals surface area contributed by atoms with Crippen molar-refractivity contribution in [2.24, 2.45) is 0 Å². The van der Waals surface area contributed by atoms with Crippen LogP contribution in [0.4, 0.5) is 5.69 Å². The molecular formula is C25H31N3O4. The molecule has 2 aliphatic heterocycles. The number of anilines is 1. The predicted molar refractivity (Wildman–Crippen MR) is 123 cm³/mol. The van der Waals surface area contributed by atoms with Crippen LogP contribution in [0, 0.1) is 0 Å². The number of hydrogen-bond acceptors (Lipinski definition) is 5. The summed E-state index contributed by atoms with van der Waals surface area (Å²) >= 11 is 0. The van der Waals surface area contributed by atoms with Crippen molar-refractivity contribution in [2.45, 2.75) is 31.7 Å². The highest BCUT2D eigenvalue weighted by Crippen LogP contribution is 2.31. The Balaban J connectivity index is 1.45. The molecule has 1 saturated heterocycles. The molecule has 170 valence electrons. The number of rotatable bonds is 7. The van der Waals surface area contributed by atoms with Gasteiger partial charge < -0.3 is 14.8 Å². The standard InChI is InChI=1S/C25H31N3O4/c1-31-20-11-9-19(10-12-20)22(27-14-5-2-6-15-27)17-26-24(29)18-28-21-7-3-4-8-23(21)32-16-13-25(28)30/h3-4,7-12,22H,2,5-6,13-18H2,1H3,(H,26,29)/t22-/m0/s1. The van der Waals surface area contributed by atoms with E-state index < -0.39 is 0 Å². The normalized spacial score (nSPS) is 17.7. The summed E-state index contributed by atoms with van der Waals surface area (Å²) in [6, 6.07) is 15.5. The van der Waals surface area contributed by atoms with Gasteiger partial charge in [0.2, 0.25) is 11.8 Å². The quantitative estimate of drug-likeness (QED) is 0.721.